The number of nitrogens with one attached hydrogen (secondary N) is 1. The highest BCUT2D eigenvalue weighted by atomic mass is 32.1. The molecular weight excluding hydrogens is 270 g/mol. The van der Waals surface area contributed by atoms with Gasteiger partial charge in [0.1, 0.15) is 0 Å². The van der Waals surface area contributed by atoms with E-state index in [1.807, 2.05) is 0 Å². The van der Waals surface area contributed by atoms with Gasteiger partial charge in [-0.15, -0.1) is 11.3 Å². The number of ether oxygens (including phenoxy) is 2. The predicted molar refractivity (Wildman–Crippen MR) is 82.8 cm³/mol. The molecule has 1 saturated carbocycles. The van der Waals surface area contributed by atoms with E-state index < -0.39 is 0 Å². The topological polar surface area (TPSA) is 30.5 Å². The van der Waals surface area contributed by atoms with Crippen LogP contribution in [0.25, 0.3) is 6.08 Å². The van der Waals surface area contributed by atoms with Crippen LogP contribution >= 0.6 is 11.3 Å². The van der Waals surface area contributed by atoms with Crippen molar-refractivity contribution in [2.75, 3.05) is 13.2 Å². The maximum absolute atomic E-state index is 5.77. The summed E-state index contributed by atoms with van der Waals surface area (Å²) in [5, 5.41) is 5.81. The lowest BCUT2D eigenvalue weighted by Gasteiger charge is -2.36. The van der Waals surface area contributed by atoms with Gasteiger partial charge >= 0.3 is 0 Å². The smallest absolute Gasteiger partial charge is 0.168 e. The third-order valence-electron chi connectivity index (χ3n) is 4.15. The molecule has 1 aliphatic heterocycles. The van der Waals surface area contributed by atoms with Gasteiger partial charge in [-0.1, -0.05) is 12.1 Å². The molecule has 3 rings (SSSR count). The molecule has 0 amide bonds. The fraction of sp³-hybridized carbons (Fsp3) is 0.625. The van der Waals surface area contributed by atoms with E-state index >= 15 is 0 Å². The maximum Gasteiger partial charge on any atom is 0.168 e. The zero-order chi connectivity index (χ0) is 13.8. The Bertz CT molecular complexity index is 427. The molecule has 3 nitrogen and oxygen atoms in total. The van der Waals surface area contributed by atoms with E-state index in [1.54, 1.807) is 11.3 Å². The summed E-state index contributed by atoms with van der Waals surface area (Å²) in [4.78, 5) is 1.31. The van der Waals surface area contributed by atoms with Gasteiger partial charge in [-0.3, -0.25) is 0 Å². The van der Waals surface area contributed by atoms with Crippen molar-refractivity contribution in [1.29, 1.82) is 0 Å². The van der Waals surface area contributed by atoms with Crippen LogP contribution in [0.4, 0.5) is 0 Å². The monoisotopic (exact) mass is 293 g/mol. The SMILES string of the molecule is CC(/C=C/c1cccs1)NC1CCC2(CC1)OCCO2. The molecule has 0 radical (unpaired) electrons. The van der Waals surface area contributed by atoms with Crippen LogP contribution in [0.5, 0.6) is 0 Å². The summed E-state index contributed by atoms with van der Waals surface area (Å²) in [6.07, 6.45) is 8.76. The number of hydrogen-bond donors (Lipinski definition) is 1. The molecule has 1 saturated heterocycles. The molecule has 1 aliphatic carbocycles. The summed E-state index contributed by atoms with van der Waals surface area (Å²) in [6, 6.07) is 5.22. The van der Waals surface area contributed by atoms with Crippen molar-refractivity contribution in [2.24, 2.45) is 0 Å². The first-order valence-corrected chi connectivity index (χ1v) is 8.39. The van der Waals surface area contributed by atoms with Crippen LogP contribution in [-0.4, -0.2) is 31.1 Å². The van der Waals surface area contributed by atoms with Gasteiger partial charge in [0, 0.05) is 29.8 Å². The number of hydrogen-bond acceptors (Lipinski definition) is 4. The van der Waals surface area contributed by atoms with E-state index in [-0.39, 0.29) is 5.79 Å². The molecule has 2 fully saturated rings. The first kappa shape index (κ1) is 14.3. The van der Waals surface area contributed by atoms with Crippen LogP contribution in [0.2, 0.25) is 0 Å². The third kappa shape index (κ3) is 3.50. The zero-order valence-corrected chi connectivity index (χ0v) is 12.8. The normalized spacial score (nSPS) is 24.6. The minimum absolute atomic E-state index is 0.242. The summed E-state index contributed by atoms with van der Waals surface area (Å²) < 4.78 is 11.5. The molecule has 1 atom stereocenters. The van der Waals surface area contributed by atoms with E-state index in [1.165, 1.54) is 4.88 Å². The Morgan fingerprint density at radius 2 is 2.10 bits per heavy atom. The Morgan fingerprint density at radius 3 is 2.75 bits per heavy atom. The fourth-order valence-corrected chi connectivity index (χ4v) is 3.69. The lowest BCUT2D eigenvalue weighted by atomic mass is 9.89. The van der Waals surface area contributed by atoms with Gasteiger partial charge in [0.05, 0.1) is 13.2 Å². The predicted octanol–water partition coefficient (Wildman–Crippen LogP) is 3.43. The van der Waals surface area contributed by atoms with Gasteiger partial charge < -0.3 is 14.8 Å². The summed E-state index contributed by atoms with van der Waals surface area (Å²) >= 11 is 1.78. The molecule has 1 aromatic rings. The van der Waals surface area contributed by atoms with E-state index in [0.29, 0.717) is 12.1 Å². The molecular formula is C16H23NO2S. The van der Waals surface area contributed by atoms with Gasteiger partial charge in [-0.25, -0.2) is 0 Å². The standard InChI is InChI=1S/C16H23NO2S/c1-13(4-5-15-3-2-12-20-15)17-14-6-8-16(9-7-14)18-10-11-19-16/h2-5,12-14,17H,6-11H2,1H3/b5-4+. The highest BCUT2D eigenvalue weighted by molar-refractivity contribution is 7.10. The summed E-state index contributed by atoms with van der Waals surface area (Å²) in [5.74, 6) is -0.242. The minimum Gasteiger partial charge on any atom is -0.348 e. The van der Waals surface area contributed by atoms with Crippen molar-refractivity contribution in [3.8, 4) is 0 Å². The average Bonchev–Trinajstić information content (AvgIpc) is 3.12. The average molecular weight is 293 g/mol. The second kappa shape index (κ2) is 6.39. The lowest BCUT2D eigenvalue weighted by Crippen LogP contribution is -2.44. The van der Waals surface area contributed by atoms with Crippen LogP contribution in [0.1, 0.15) is 37.5 Å². The van der Waals surface area contributed by atoms with Crippen LogP contribution in [0, 0.1) is 0 Å². The van der Waals surface area contributed by atoms with Gasteiger partial charge in [0.15, 0.2) is 5.79 Å². The van der Waals surface area contributed by atoms with E-state index in [2.05, 4.69) is 41.9 Å². The Kier molecular flexibility index (Phi) is 4.56. The van der Waals surface area contributed by atoms with Crippen LogP contribution < -0.4 is 5.32 Å². The van der Waals surface area contributed by atoms with Crippen molar-refractivity contribution < 1.29 is 9.47 Å². The van der Waals surface area contributed by atoms with E-state index in [9.17, 15) is 0 Å². The number of thiophene rings is 1. The second-order valence-electron chi connectivity index (χ2n) is 5.71. The summed E-state index contributed by atoms with van der Waals surface area (Å²) in [5.41, 5.74) is 0. The summed E-state index contributed by atoms with van der Waals surface area (Å²) in [6.45, 7) is 3.74. The Labute approximate surface area is 125 Å². The van der Waals surface area contributed by atoms with E-state index in [0.717, 1.165) is 38.9 Å². The highest BCUT2D eigenvalue weighted by Crippen LogP contribution is 2.35. The first-order valence-electron chi connectivity index (χ1n) is 7.51. The molecule has 110 valence electrons. The fourth-order valence-electron chi connectivity index (χ4n) is 3.06. The largest absolute Gasteiger partial charge is 0.348 e. The van der Waals surface area contributed by atoms with Crippen molar-refractivity contribution in [3.63, 3.8) is 0 Å². The van der Waals surface area contributed by atoms with Crippen LogP contribution in [0.15, 0.2) is 23.6 Å². The first-order chi connectivity index (χ1) is 9.76. The molecule has 2 aliphatic rings. The molecule has 20 heavy (non-hydrogen) atoms. The lowest BCUT2D eigenvalue weighted by molar-refractivity contribution is -0.179. The van der Waals surface area contributed by atoms with Gasteiger partial charge in [-0.2, -0.15) is 0 Å². The Balaban J connectivity index is 1.44. The summed E-state index contributed by atoms with van der Waals surface area (Å²) in [7, 11) is 0. The third-order valence-corrected chi connectivity index (χ3v) is 4.99. The molecule has 1 unspecified atom stereocenters. The quantitative estimate of drug-likeness (QED) is 0.922. The minimum atomic E-state index is -0.242. The van der Waals surface area contributed by atoms with Crippen LogP contribution in [-0.2, 0) is 9.47 Å². The molecule has 1 N–H and O–H groups in total. The van der Waals surface area contributed by atoms with Gasteiger partial charge in [0.2, 0.25) is 0 Å². The molecule has 1 aromatic heterocycles. The molecule has 4 heteroatoms. The highest BCUT2D eigenvalue weighted by Gasteiger charge is 2.40. The van der Waals surface area contributed by atoms with Crippen molar-refractivity contribution in [1.82, 2.24) is 5.32 Å². The van der Waals surface area contributed by atoms with Crippen molar-refractivity contribution in [2.45, 2.75) is 50.5 Å². The van der Waals surface area contributed by atoms with Crippen molar-refractivity contribution >= 4 is 17.4 Å². The maximum atomic E-state index is 5.77. The Morgan fingerprint density at radius 1 is 1.35 bits per heavy atom. The Hall–Kier alpha value is -0.680. The van der Waals surface area contributed by atoms with E-state index in [4.69, 9.17) is 9.47 Å². The van der Waals surface area contributed by atoms with Gasteiger partial charge in [-0.05, 0) is 37.3 Å². The van der Waals surface area contributed by atoms with Crippen molar-refractivity contribution in [3.05, 3.63) is 28.5 Å². The van der Waals surface area contributed by atoms with Crippen LogP contribution in [0.3, 0.4) is 0 Å². The second-order valence-corrected chi connectivity index (χ2v) is 6.69. The molecule has 0 bridgehead atoms. The zero-order valence-electron chi connectivity index (χ0n) is 12.0. The molecule has 2 heterocycles. The molecule has 1 spiro atoms. The number of rotatable bonds is 4. The molecule has 0 aromatic carbocycles. The van der Waals surface area contributed by atoms with Gasteiger partial charge in [0.25, 0.3) is 0 Å².